The van der Waals surface area contributed by atoms with Crippen LogP contribution < -0.4 is 5.32 Å². The van der Waals surface area contributed by atoms with Crippen molar-refractivity contribution in [3.05, 3.63) is 11.4 Å². The number of rotatable bonds is 2. The van der Waals surface area contributed by atoms with E-state index in [9.17, 15) is 9.59 Å². The van der Waals surface area contributed by atoms with E-state index in [1.165, 1.54) is 4.57 Å². The molecule has 18 heavy (non-hydrogen) atoms. The van der Waals surface area contributed by atoms with E-state index >= 15 is 0 Å². The third-order valence-electron chi connectivity index (χ3n) is 2.20. The summed E-state index contributed by atoms with van der Waals surface area (Å²) in [4.78, 5) is 26.2. The first-order valence-corrected chi connectivity index (χ1v) is 5.38. The fourth-order valence-corrected chi connectivity index (χ4v) is 1.29. The van der Waals surface area contributed by atoms with Gasteiger partial charge in [-0.3, -0.25) is 5.32 Å². The van der Waals surface area contributed by atoms with Crippen LogP contribution in [0.15, 0.2) is 0 Å². The molecule has 1 heterocycles. The molecule has 0 saturated carbocycles. The summed E-state index contributed by atoms with van der Waals surface area (Å²) < 4.78 is 6.53. The van der Waals surface area contributed by atoms with E-state index in [0.717, 1.165) is 0 Å². The van der Waals surface area contributed by atoms with Gasteiger partial charge in [0.05, 0.1) is 5.69 Å². The maximum Gasteiger partial charge on any atom is 0.414 e. The number of aromatic carboxylic acids is 1. The number of carbonyl (C=O) groups excluding carboxylic acids is 1. The molecule has 0 atom stereocenters. The van der Waals surface area contributed by atoms with Crippen LogP contribution in [0.4, 0.5) is 10.7 Å². The number of amides is 1. The summed E-state index contributed by atoms with van der Waals surface area (Å²) in [7, 11) is 1.61. The molecular formula is C11H17N3O4. The lowest BCUT2D eigenvalue weighted by Crippen LogP contribution is -2.28. The minimum atomic E-state index is -1.14. The lowest BCUT2D eigenvalue weighted by Gasteiger charge is -2.19. The normalized spacial score (nSPS) is 11.2. The van der Waals surface area contributed by atoms with Crippen molar-refractivity contribution in [2.75, 3.05) is 5.32 Å². The second-order valence-electron chi connectivity index (χ2n) is 4.86. The van der Waals surface area contributed by atoms with Crippen molar-refractivity contribution in [3.63, 3.8) is 0 Å². The second-order valence-corrected chi connectivity index (χ2v) is 4.86. The number of imidazole rings is 1. The summed E-state index contributed by atoms with van der Waals surface area (Å²) in [6, 6.07) is 0. The monoisotopic (exact) mass is 255 g/mol. The first-order valence-electron chi connectivity index (χ1n) is 5.38. The molecule has 1 amide bonds. The number of carbonyl (C=O) groups is 2. The standard InChI is InChI=1S/C11H17N3O4/c1-6-7(8(15)16)12-9(14(6)5)13-10(17)18-11(2,3)4/h1-5H3,(H,15,16)(H,12,13,17). The fraction of sp³-hybridized carbons (Fsp3) is 0.545. The summed E-state index contributed by atoms with van der Waals surface area (Å²) >= 11 is 0. The van der Waals surface area contributed by atoms with Crippen LogP contribution in [0.3, 0.4) is 0 Å². The molecule has 0 fully saturated rings. The highest BCUT2D eigenvalue weighted by molar-refractivity contribution is 5.89. The van der Waals surface area contributed by atoms with Gasteiger partial charge in [-0.05, 0) is 27.7 Å². The minimum Gasteiger partial charge on any atom is -0.476 e. The molecule has 1 aromatic rings. The van der Waals surface area contributed by atoms with Crippen molar-refractivity contribution < 1.29 is 19.4 Å². The summed E-state index contributed by atoms with van der Waals surface area (Å²) in [5, 5.41) is 11.3. The molecule has 7 nitrogen and oxygen atoms in total. The topological polar surface area (TPSA) is 93.4 Å². The van der Waals surface area contributed by atoms with Gasteiger partial charge in [0, 0.05) is 7.05 Å². The summed E-state index contributed by atoms with van der Waals surface area (Å²) in [5.74, 6) is -1.00. The first-order chi connectivity index (χ1) is 8.11. The van der Waals surface area contributed by atoms with Crippen LogP contribution in [-0.4, -0.2) is 32.3 Å². The van der Waals surface area contributed by atoms with E-state index < -0.39 is 17.7 Å². The molecule has 0 aliphatic heterocycles. The number of ether oxygens (including phenoxy) is 1. The molecule has 7 heteroatoms. The Morgan fingerprint density at radius 1 is 1.39 bits per heavy atom. The number of aromatic nitrogens is 2. The first kappa shape index (κ1) is 14.0. The number of nitrogens with zero attached hydrogens (tertiary/aromatic N) is 2. The number of carboxylic acids is 1. The van der Waals surface area contributed by atoms with Crippen LogP contribution >= 0.6 is 0 Å². The molecule has 0 bridgehead atoms. The Kier molecular flexibility index (Phi) is 3.64. The molecule has 0 spiro atoms. The number of anilines is 1. The maximum atomic E-state index is 11.5. The van der Waals surface area contributed by atoms with Crippen LogP contribution in [0, 0.1) is 6.92 Å². The van der Waals surface area contributed by atoms with Gasteiger partial charge in [0.25, 0.3) is 0 Å². The summed E-state index contributed by atoms with van der Waals surface area (Å²) in [6.45, 7) is 6.81. The van der Waals surface area contributed by atoms with Crippen molar-refractivity contribution in [1.82, 2.24) is 9.55 Å². The largest absolute Gasteiger partial charge is 0.476 e. The number of carboxylic acid groups (broad SMARTS) is 1. The Hall–Kier alpha value is -2.05. The Labute approximate surface area is 105 Å². The van der Waals surface area contributed by atoms with Crippen LogP contribution in [0.1, 0.15) is 37.0 Å². The zero-order valence-electron chi connectivity index (χ0n) is 11.1. The van der Waals surface area contributed by atoms with Gasteiger partial charge in [-0.15, -0.1) is 0 Å². The smallest absolute Gasteiger partial charge is 0.414 e. The van der Waals surface area contributed by atoms with Gasteiger partial charge in [0.2, 0.25) is 5.95 Å². The van der Waals surface area contributed by atoms with Gasteiger partial charge >= 0.3 is 12.1 Å². The zero-order valence-corrected chi connectivity index (χ0v) is 11.1. The van der Waals surface area contributed by atoms with E-state index in [1.807, 2.05) is 0 Å². The molecule has 1 rings (SSSR count). The highest BCUT2D eigenvalue weighted by atomic mass is 16.6. The van der Waals surface area contributed by atoms with Crippen molar-refractivity contribution >= 4 is 18.0 Å². The number of hydrogen-bond acceptors (Lipinski definition) is 4. The molecule has 0 aromatic carbocycles. The molecular weight excluding hydrogens is 238 g/mol. The van der Waals surface area contributed by atoms with Gasteiger partial charge in [0.15, 0.2) is 5.69 Å². The van der Waals surface area contributed by atoms with Crippen LogP contribution in [0.5, 0.6) is 0 Å². The van der Waals surface area contributed by atoms with E-state index in [1.54, 1.807) is 34.7 Å². The molecule has 0 aliphatic rings. The Balaban J connectivity index is 2.89. The SMILES string of the molecule is Cc1c(C(=O)O)nc(NC(=O)OC(C)(C)C)n1C. The molecule has 0 radical (unpaired) electrons. The fourth-order valence-electron chi connectivity index (χ4n) is 1.29. The van der Waals surface area contributed by atoms with E-state index in [2.05, 4.69) is 10.3 Å². The summed E-state index contributed by atoms with van der Waals surface area (Å²) in [6.07, 6.45) is -0.674. The van der Waals surface area contributed by atoms with Gasteiger partial charge < -0.3 is 14.4 Å². The van der Waals surface area contributed by atoms with E-state index in [4.69, 9.17) is 9.84 Å². The van der Waals surface area contributed by atoms with Gasteiger partial charge in [0.1, 0.15) is 5.60 Å². The third-order valence-corrected chi connectivity index (χ3v) is 2.20. The number of nitrogens with one attached hydrogen (secondary N) is 1. The maximum absolute atomic E-state index is 11.5. The van der Waals surface area contributed by atoms with Crippen molar-refractivity contribution in [2.24, 2.45) is 7.05 Å². The van der Waals surface area contributed by atoms with Crippen LogP contribution in [0.25, 0.3) is 0 Å². The molecule has 0 unspecified atom stereocenters. The lowest BCUT2D eigenvalue weighted by molar-refractivity contribution is 0.0630. The number of hydrogen-bond donors (Lipinski definition) is 2. The zero-order chi connectivity index (χ0) is 14.1. The second kappa shape index (κ2) is 4.67. The Bertz CT molecular complexity index is 485. The predicted molar refractivity (Wildman–Crippen MR) is 64.8 cm³/mol. The molecule has 0 aliphatic carbocycles. The summed E-state index contributed by atoms with van der Waals surface area (Å²) in [5.41, 5.74) is -0.267. The van der Waals surface area contributed by atoms with E-state index in [-0.39, 0.29) is 11.6 Å². The highest BCUT2D eigenvalue weighted by Crippen LogP contribution is 2.15. The Morgan fingerprint density at radius 2 is 1.94 bits per heavy atom. The van der Waals surface area contributed by atoms with E-state index in [0.29, 0.717) is 5.69 Å². The third kappa shape index (κ3) is 3.22. The lowest BCUT2D eigenvalue weighted by atomic mass is 10.2. The minimum absolute atomic E-state index is 0.0939. The average molecular weight is 255 g/mol. The quantitative estimate of drug-likeness (QED) is 0.840. The van der Waals surface area contributed by atoms with Crippen molar-refractivity contribution in [3.8, 4) is 0 Å². The molecule has 100 valence electrons. The van der Waals surface area contributed by atoms with Crippen LogP contribution in [-0.2, 0) is 11.8 Å². The molecule has 2 N–H and O–H groups in total. The van der Waals surface area contributed by atoms with Crippen molar-refractivity contribution in [2.45, 2.75) is 33.3 Å². The highest BCUT2D eigenvalue weighted by Gasteiger charge is 2.21. The molecule has 0 saturated heterocycles. The van der Waals surface area contributed by atoms with Crippen molar-refractivity contribution in [1.29, 1.82) is 0 Å². The van der Waals surface area contributed by atoms with Gasteiger partial charge in [-0.1, -0.05) is 0 Å². The van der Waals surface area contributed by atoms with Gasteiger partial charge in [-0.25, -0.2) is 14.6 Å². The van der Waals surface area contributed by atoms with Gasteiger partial charge in [-0.2, -0.15) is 0 Å². The average Bonchev–Trinajstić information content (AvgIpc) is 2.43. The Morgan fingerprint density at radius 3 is 2.33 bits per heavy atom. The predicted octanol–water partition coefficient (Wildman–Crippen LogP) is 1.77. The van der Waals surface area contributed by atoms with Crippen LogP contribution in [0.2, 0.25) is 0 Å². The molecule has 1 aromatic heterocycles.